The fourth-order valence-electron chi connectivity index (χ4n) is 1.10. The summed E-state index contributed by atoms with van der Waals surface area (Å²) in [6.45, 7) is 0.584. The van der Waals surface area contributed by atoms with Gasteiger partial charge in [0.15, 0.2) is 0 Å². The van der Waals surface area contributed by atoms with Gasteiger partial charge in [0.25, 0.3) is 0 Å². The molecule has 1 atom stereocenters. The van der Waals surface area contributed by atoms with Gasteiger partial charge >= 0.3 is 0 Å². The van der Waals surface area contributed by atoms with Crippen molar-refractivity contribution in [2.75, 3.05) is 13.6 Å². The predicted octanol–water partition coefficient (Wildman–Crippen LogP) is -0.480. The zero-order valence-electron chi connectivity index (χ0n) is 6.23. The standard InChI is InChI=1S/C6H10N2O2S/c1-7-3-5(2-6(7)10)8(11)4-9/h4-5,11H,2-3H2,1H3. The van der Waals surface area contributed by atoms with Gasteiger partial charge in [-0.1, -0.05) is 12.8 Å². The molecule has 0 saturated carbocycles. The molecule has 0 aromatic rings. The highest BCUT2D eigenvalue weighted by Crippen LogP contribution is 2.14. The van der Waals surface area contributed by atoms with Crippen LogP contribution in [0.2, 0.25) is 0 Å². The number of hydrogen-bond donors (Lipinski definition) is 1. The van der Waals surface area contributed by atoms with Gasteiger partial charge in [-0.3, -0.25) is 13.9 Å². The Labute approximate surface area is 70.7 Å². The summed E-state index contributed by atoms with van der Waals surface area (Å²) in [6, 6.07) is -0.0617. The van der Waals surface area contributed by atoms with Crippen molar-refractivity contribution >= 4 is 25.1 Å². The Bertz CT molecular complexity index is 185. The first-order valence-corrected chi connectivity index (χ1v) is 3.71. The van der Waals surface area contributed by atoms with E-state index < -0.39 is 0 Å². The summed E-state index contributed by atoms with van der Waals surface area (Å²) in [7, 11) is 1.72. The summed E-state index contributed by atoms with van der Waals surface area (Å²) < 4.78 is 1.24. The zero-order valence-corrected chi connectivity index (χ0v) is 7.12. The number of hydrogen-bond acceptors (Lipinski definition) is 3. The summed E-state index contributed by atoms with van der Waals surface area (Å²) >= 11 is 3.89. The van der Waals surface area contributed by atoms with Crippen molar-refractivity contribution in [2.24, 2.45) is 0 Å². The smallest absolute Gasteiger partial charge is 0.224 e. The van der Waals surface area contributed by atoms with Crippen LogP contribution in [0.15, 0.2) is 0 Å². The van der Waals surface area contributed by atoms with Crippen LogP contribution >= 0.6 is 12.8 Å². The monoisotopic (exact) mass is 174 g/mol. The van der Waals surface area contributed by atoms with Gasteiger partial charge in [0, 0.05) is 20.0 Å². The van der Waals surface area contributed by atoms with Crippen molar-refractivity contribution in [3.8, 4) is 0 Å². The first-order valence-electron chi connectivity index (χ1n) is 3.31. The lowest BCUT2D eigenvalue weighted by atomic mass is 10.3. The van der Waals surface area contributed by atoms with Gasteiger partial charge in [-0.05, 0) is 0 Å². The second-order valence-corrected chi connectivity index (χ2v) is 3.08. The number of thiol groups is 1. The molecule has 1 heterocycles. The zero-order chi connectivity index (χ0) is 8.43. The van der Waals surface area contributed by atoms with E-state index in [1.807, 2.05) is 0 Å². The fraction of sp³-hybridized carbons (Fsp3) is 0.667. The van der Waals surface area contributed by atoms with Crippen molar-refractivity contribution in [2.45, 2.75) is 12.5 Å². The molecule has 0 bridgehead atoms. The fourth-order valence-corrected chi connectivity index (χ4v) is 1.26. The van der Waals surface area contributed by atoms with Crippen LogP contribution in [0.1, 0.15) is 6.42 Å². The number of likely N-dealkylation sites (N-methyl/N-ethyl adjacent to an activating group) is 1. The lowest BCUT2D eigenvalue weighted by Crippen LogP contribution is -2.28. The second-order valence-electron chi connectivity index (χ2n) is 2.62. The van der Waals surface area contributed by atoms with E-state index in [1.54, 1.807) is 11.9 Å². The van der Waals surface area contributed by atoms with Crippen molar-refractivity contribution in [1.29, 1.82) is 0 Å². The third-order valence-electron chi connectivity index (χ3n) is 1.80. The number of carbonyl (C=O) groups is 2. The summed E-state index contributed by atoms with van der Waals surface area (Å²) in [6.07, 6.45) is 1.01. The number of carbonyl (C=O) groups excluding carboxylic acids is 2. The summed E-state index contributed by atoms with van der Waals surface area (Å²) in [5, 5.41) is 0. The topological polar surface area (TPSA) is 40.6 Å². The molecule has 0 aliphatic carbocycles. The SMILES string of the molecule is CN1CC(N(S)C=O)CC1=O. The predicted molar refractivity (Wildman–Crippen MR) is 42.9 cm³/mol. The van der Waals surface area contributed by atoms with Gasteiger partial charge in [-0.2, -0.15) is 0 Å². The molecule has 1 fully saturated rings. The highest BCUT2D eigenvalue weighted by Gasteiger charge is 2.29. The molecule has 1 unspecified atom stereocenters. The molecular weight excluding hydrogens is 164 g/mol. The molecule has 0 radical (unpaired) electrons. The van der Waals surface area contributed by atoms with Crippen LogP contribution in [0.5, 0.6) is 0 Å². The molecule has 0 aromatic carbocycles. The van der Waals surface area contributed by atoms with Gasteiger partial charge in [0.1, 0.15) is 0 Å². The van der Waals surface area contributed by atoms with Gasteiger partial charge in [-0.25, -0.2) is 0 Å². The average molecular weight is 174 g/mol. The van der Waals surface area contributed by atoms with Gasteiger partial charge < -0.3 is 4.90 Å². The minimum atomic E-state index is -0.0617. The largest absolute Gasteiger partial charge is 0.344 e. The van der Waals surface area contributed by atoms with Gasteiger partial charge in [-0.15, -0.1) is 0 Å². The molecule has 11 heavy (non-hydrogen) atoms. The first kappa shape index (κ1) is 8.39. The summed E-state index contributed by atoms with van der Waals surface area (Å²) in [4.78, 5) is 22.8. The number of nitrogens with zero attached hydrogens (tertiary/aromatic N) is 2. The Morgan fingerprint density at radius 3 is 2.82 bits per heavy atom. The lowest BCUT2D eigenvalue weighted by molar-refractivity contribution is -0.126. The molecular formula is C6H10N2O2S. The molecule has 0 aromatic heterocycles. The Kier molecular flexibility index (Phi) is 2.38. The van der Waals surface area contributed by atoms with E-state index in [4.69, 9.17) is 0 Å². The van der Waals surface area contributed by atoms with Gasteiger partial charge in [0.2, 0.25) is 12.3 Å². The number of rotatable bonds is 2. The Hall–Kier alpha value is -0.710. The molecule has 62 valence electrons. The van der Waals surface area contributed by atoms with Crippen molar-refractivity contribution in [3.63, 3.8) is 0 Å². The highest BCUT2D eigenvalue weighted by atomic mass is 32.1. The minimum absolute atomic E-state index is 0.0617. The van der Waals surface area contributed by atoms with Crippen LogP contribution in [0, 0.1) is 0 Å². The quantitative estimate of drug-likeness (QED) is 0.454. The van der Waals surface area contributed by atoms with E-state index in [0.717, 1.165) is 0 Å². The van der Waals surface area contributed by atoms with Crippen LogP contribution < -0.4 is 0 Å². The van der Waals surface area contributed by atoms with E-state index >= 15 is 0 Å². The van der Waals surface area contributed by atoms with E-state index in [9.17, 15) is 9.59 Å². The van der Waals surface area contributed by atoms with Crippen LogP contribution in [0.4, 0.5) is 0 Å². The maximum atomic E-state index is 11.0. The van der Waals surface area contributed by atoms with Crippen LogP contribution in [-0.4, -0.2) is 41.2 Å². The van der Waals surface area contributed by atoms with Gasteiger partial charge in [0.05, 0.1) is 6.04 Å². The molecule has 0 spiro atoms. The van der Waals surface area contributed by atoms with Crippen molar-refractivity contribution in [1.82, 2.24) is 9.21 Å². The van der Waals surface area contributed by atoms with Crippen LogP contribution in [0.3, 0.4) is 0 Å². The second kappa shape index (κ2) is 3.13. The normalized spacial score (nSPS) is 24.0. The molecule has 5 heteroatoms. The maximum absolute atomic E-state index is 11.0. The number of amides is 2. The molecule has 1 aliphatic rings. The van der Waals surface area contributed by atoms with Crippen molar-refractivity contribution in [3.05, 3.63) is 0 Å². The summed E-state index contributed by atoms with van der Waals surface area (Å²) in [5.74, 6) is 0.0656. The molecule has 0 N–H and O–H groups in total. The molecule has 1 aliphatic heterocycles. The third kappa shape index (κ3) is 1.65. The van der Waals surface area contributed by atoms with Crippen molar-refractivity contribution < 1.29 is 9.59 Å². The Balaban J connectivity index is 2.53. The Morgan fingerprint density at radius 1 is 1.82 bits per heavy atom. The van der Waals surface area contributed by atoms with E-state index in [1.165, 1.54) is 4.31 Å². The first-order chi connectivity index (χ1) is 5.15. The minimum Gasteiger partial charge on any atom is -0.344 e. The van der Waals surface area contributed by atoms with Crippen LogP contribution in [0.25, 0.3) is 0 Å². The lowest BCUT2D eigenvalue weighted by Gasteiger charge is -2.16. The molecule has 1 rings (SSSR count). The van der Waals surface area contributed by atoms with E-state index in [-0.39, 0.29) is 11.9 Å². The highest BCUT2D eigenvalue weighted by molar-refractivity contribution is 7.78. The maximum Gasteiger partial charge on any atom is 0.224 e. The van der Waals surface area contributed by atoms with E-state index in [0.29, 0.717) is 19.4 Å². The summed E-state index contributed by atoms with van der Waals surface area (Å²) in [5.41, 5.74) is 0. The van der Waals surface area contributed by atoms with Crippen LogP contribution in [-0.2, 0) is 9.59 Å². The van der Waals surface area contributed by atoms with E-state index in [2.05, 4.69) is 12.8 Å². The molecule has 2 amide bonds. The molecule has 1 saturated heterocycles. The molecule has 4 nitrogen and oxygen atoms in total. The average Bonchev–Trinajstić information content (AvgIpc) is 2.31. The Morgan fingerprint density at radius 2 is 2.45 bits per heavy atom. The third-order valence-corrected chi connectivity index (χ3v) is 2.22. The number of likely N-dealkylation sites (tertiary alicyclic amines) is 1.